The second-order valence-electron chi connectivity index (χ2n) is 10.8. The number of unbranched alkanes of at least 4 members (excludes halogenated alkanes) is 1. The van der Waals surface area contributed by atoms with Crippen molar-refractivity contribution in [2.24, 2.45) is 0 Å². The molecule has 8 heteroatoms. The molecule has 3 aromatic rings. The van der Waals surface area contributed by atoms with Gasteiger partial charge in [0.2, 0.25) is 0 Å². The SMILES string of the molecule is CCCCS(=O)(=O)Oc1ccc2c(Oc3ccc(OCCN4CCCCC4)cc3)c(C3CCCCC3)sc2c1. The van der Waals surface area contributed by atoms with Crippen LogP contribution in [0.5, 0.6) is 23.0 Å². The minimum atomic E-state index is -3.60. The van der Waals surface area contributed by atoms with E-state index in [1.54, 1.807) is 17.4 Å². The summed E-state index contributed by atoms with van der Waals surface area (Å²) in [6.07, 6.45) is 11.4. The quantitative estimate of drug-likeness (QED) is 0.205. The van der Waals surface area contributed by atoms with Gasteiger partial charge < -0.3 is 13.7 Å². The van der Waals surface area contributed by atoms with Crippen molar-refractivity contribution in [2.75, 3.05) is 32.0 Å². The molecule has 1 aromatic heterocycles. The lowest BCUT2D eigenvalue weighted by molar-refractivity contribution is 0.183. The summed E-state index contributed by atoms with van der Waals surface area (Å²) < 4.78 is 43.7. The van der Waals surface area contributed by atoms with Gasteiger partial charge in [0.1, 0.15) is 29.6 Å². The Bertz CT molecular complexity index is 1310. The van der Waals surface area contributed by atoms with Gasteiger partial charge in [0, 0.05) is 16.6 Å². The summed E-state index contributed by atoms with van der Waals surface area (Å²) in [4.78, 5) is 3.73. The molecule has 1 saturated carbocycles. The second kappa shape index (κ2) is 13.4. The lowest BCUT2D eigenvalue weighted by Gasteiger charge is -2.26. The van der Waals surface area contributed by atoms with Crippen LogP contribution >= 0.6 is 11.3 Å². The van der Waals surface area contributed by atoms with E-state index in [1.807, 2.05) is 43.3 Å². The van der Waals surface area contributed by atoms with Gasteiger partial charge in [0.25, 0.3) is 0 Å². The van der Waals surface area contributed by atoms with Crippen LogP contribution in [0.25, 0.3) is 10.1 Å². The number of thiophene rings is 1. The van der Waals surface area contributed by atoms with Gasteiger partial charge in [-0.15, -0.1) is 11.3 Å². The molecule has 0 amide bonds. The number of hydrogen-bond donors (Lipinski definition) is 0. The van der Waals surface area contributed by atoms with Crippen molar-refractivity contribution >= 4 is 31.5 Å². The first kappa shape index (κ1) is 28.2. The van der Waals surface area contributed by atoms with E-state index in [0.29, 0.717) is 24.7 Å². The van der Waals surface area contributed by atoms with E-state index in [4.69, 9.17) is 13.7 Å². The minimum Gasteiger partial charge on any atom is -0.492 e. The number of likely N-dealkylation sites (tertiary alicyclic amines) is 1. The molecule has 2 aliphatic rings. The van der Waals surface area contributed by atoms with Crippen LogP contribution < -0.4 is 13.7 Å². The summed E-state index contributed by atoms with van der Waals surface area (Å²) in [6.45, 7) is 5.99. The van der Waals surface area contributed by atoms with E-state index < -0.39 is 10.1 Å². The molecule has 1 aliphatic heterocycles. The topological polar surface area (TPSA) is 65.1 Å². The molecular weight excluding hydrogens is 530 g/mol. The summed E-state index contributed by atoms with van der Waals surface area (Å²) >= 11 is 1.71. The van der Waals surface area contributed by atoms with Gasteiger partial charge >= 0.3 is 10.1 Å². The molecule has 1 saturated heterocycles. The zero-order valence-corrected chi connectivity index (χ0v) is 24.7. The summed E-state index contributed by atoms with van der Waals surface area (Å²) in [5.41, 5.74) is 0. The molecule has 6 nitrogen and oxygen atoms in total. The molecule has 0 spiro atoms. The smallest absolute Gasteiger partial charge is 0.309 e. The molecular formula is C31H41NO5S2. The number of fused-ring (bicyclic) bond motifs is 1. The molecule has 39 heavy (non-hydrogen) atoms. The highest BCUT2D eigenvalue weighted by Gasteiger charge is 2.25. The summed E-state index contributed by atoms with van der Waals surface area (Å²) in [5.74, 6) is 3.38. The number of hydrogen-bond acceptors (Lipinski definition) is 7. The fourth-order valence-electron chi connectivity index (χ4n) is 5.57. The van der Waals surface area contributed by atoms with Crippen molar-refractivity contribution in [2.45, 2.75) is 77.0 Å². The second-order valence-corrected chi connectivity index (χ2v) is 13.6. The fourth-order valence-corrected chi connectivity index (χ4v) is 8.02. The molecule has 1 aliphatic carbocycles. The highest BCUT2D eigenvalue weighted by Crippen LogP contribution is 2.49. The van der Waals surface area contributed by atoms with Gasteiger partial charge in [-0.2, -0.15) is 8.42 Å². The molecule has 0 atom stereocenters. The van der Waals surface area contributed by atoms with Gasteiger partial charge in [0.15, 0.2) is 0 Å². The summed E-state index contributed by atoms with van der Waals surface area (Å²) in [7, 11) is -3.60. The maximum atomic E-state index is 12.4. The van der Waals surface area contributed by atoms with Crippen LogP contribution in [0.4, 0.5) is 0 Å². The van der Waals surface area contributed by atoms with E-state index in [2.05, 4.69) is 4.90 Å². The first-order valence-electron chi connectivity index (χ1n) is 14.6. The molecule has 0 unspecified atom stereocenters. The highest BCUT2D eigenvalue weighted by molar-refractivity contribution is 7.87. The Morgan fingerprint density at radius 1 is 0.897 bits per heavy atom. The van der Waals surface area contributed by atoms with Crippen molar-refractivity contribution in [3.8, 4) is 23.0 Å². The first-order valence-corrected chi connectivity index (χ1v) is 17.0. The predicted octanol–water partition coefficient (Wildman–Crippen LogP) is 8.11. The molecule has 0 bridgehead atoms. The van der Waals surface area contributed by atoms with Gasteiger partial charge in [-0.1, -0.05) is 39.0 Å². The number of ether oxygens (including phenoxy) is 2. The van der Waals surface area contributed by atoms with Gasteiger partial charge in [0.05, 0.1) is 10.6 Å². The average Bonchev–Trinajstić information content (AvgIpc) is 3.31. The number of benzene rings is 2. The van der Waals surface area contributed by atoms with Crippen LogP contribution in [-0.4, -0.2) is 45.3 Å². The number of piperidine rings is 1. The Morgan fingerprint density at radius 3 is 2.33 bits per heavy atom. The van der Waals surface area contributed by atoms with E-state index in [0.717, 1.165) is 53.1 Å². The van der Waals surface area contributed by atoms with Crippen molar-refractivity contribution in [1.29, 1.82) is 0 Å². The lowest BCUT2D eigenvalue weighted by Crippen LogP contribution is -2.33. The van der Waals surface area contributed by atoms with Crippen LogP contribution in [0, 0.1) is 0 Å². The largest absolute Gasteiger partial charge is 0.492 e. The van der Waals surface area contributed by atoms with E-state index in [1.165, 1.54) is 56.5 Å². The van der Waals surface area contributed by atoms with Crippen LogP contribution in [0.1, 0.15) is 81.9 Å². The van der Waals surface area contributed by atoms with Crippen molar-refractivity contribution in [1.82, 2.24) is 4.90 Å². The van der Waals surface area contributed by atoms with Crippen molar-refractivity contribution in [3.05, 3.63) is 47.3 Å². The third kappa shape index (κ3) is 7.68. The minimum absolute atomic E-state index is 0.0334. The zero-order valence-electron chi connectivity index (χ0n) is 23.0. The van der Waals surface area contributed by atoms with Crippen LogP contribution in [-0.2, 0) is 10.1 Å². The Balaban J connectivity index is 1.32. The fraction of sp³-hybridized carbons (Fsp3) is 0.548. The molecule has 2 heterocycles. The lowest BCUT2D eigenvalue weighted by atomic mass is 9.88. The Hall–Kier alpha value is -2.29. The van der Waals surface area contributed by atoms with E-state index in [9.17, 15) is 8.42 Å². The van der Waals surface area contributed by atoms with Crippen LogP contribution in [0.2, 0.25) is 0 Å². The summed E-state index contributed by atoms with van der Waals surface area (Å²) in [6, 6.07) is 13.4. The number of rotatable bonds is 12. The third-order valence-corrected chi connectivity index (χ3v) is 10.3. The van der Waals surface area contributed by atoms with Gasteiger partial charge in [-0.25, -0.2) is 0 Å². The van der Waals surface area contributed by atoms with Crippen molar-refractivity contribution < 1.29 is 22.1 Å². The molecule has 2 fully saturated rings. The molecule has 5 rings (SSSR count). The first-order chi connectivity index (χ1) is 19.0. The van der Waals surface area contributed by atoms with Gasteiger partial charge in [-0.05, 0) is 93.6 Å². The maximum absolute atomic E-state index is 12.4. The van der Waals surface area contributed by atoms with E-state index >= 15 is 0 Å². The Kier molecular flexibility index (Phi) is 9.69. The molecule has 212 valence electrons. The van der Waals surface area contributed by atoms with E-state index in [-0.39, 0.29) is 5.75 Å². The van der Waals surface area contributed by atoms with Crippen LogP contribution in [0.15, 0.2) is 42.5 Å². The van der Waals surface area contributed by atoms with Gasteiger partial charge in [-0.3, -0.25) is 4.90 Å². The Labute approximate surface area is 237 Å². The maximum Gasteiger partial charge on any atom is 0.309 e. The zero-order chi connectivity index (χ0) is 27.1. The molecule has 2 aromatic carbocycles. The monoisotopic (exact) mass is 571 g/mol. The number of nitrogens with zero attached hydrogens (tertiary/aromatic N) is 1. The highest BCUT2D eigenvalue weighted by atomic mass is 32.2. The average molecular weight is 572 g/mol. The molecule has 0 radical (unpaired) electrons. The van der Waals surface area contributed by atoms with Crippen molar-refractivity contribution in [3.63, 3.8) is 0 Å². The normalized spacial score (nSPS) is 17.4. The Morgan fingerprint density at radius 2 is 1.59 bits per heavy atom. The standard InChI is InChI=1S/C31H41NO5S2/c1-2-3-22-39(33,34)37-27-16-17-28-29(23-27)38-31(24-10-6-4-7-11-24)30(28)36-26-14-12-25(13-15-26)35-21-20-32-18-8-5-9-19-32/h12-17,23-24H,2-11,18-22H2,1H3. The predicted molar refractivity (Wildman–Crippen MR) is 159 cm³/mol. The summed E-state index contributed by atoms with van der Waals surface area (Å²) in [5, 5.41) is 1.00. The molecule has 0 N–H and O–H groups in total. The third-order valence-electron chi connectivity index (χ3n) is 7.76. The van der Waals surface area contributed by atoms with Crippen LogP contribution in [0.3, 0.4) is 0 Å².